The minimum Gasteiger partial charge on any atom is -0.314 e. The van der Waals surface area contributed by atoms with Crippen LogP contribution in [0.25, 0.3) is 0 Å². The second kappa shape index (κ2) is 8.96. The van der Waals surface area contributed by atoms with Gasteiger partial charge >= 0.3 is 0 Å². The van der Waals surface area contributed by atoms with Crippen molar-refractivity contribution in [2.75, 3.05) is 6.54 Å². The van der Waals surface area contributed by atoms with Gasteiger partial charge < -0.3 is 5.32 Å². The first kappa shape index (κ1) is 14.7. The zero-order chi connectivity index (χ0) is 11.7. The minimum atomic E-state index is 0.682. The van der Waals surface area contributed by atoms with Crippen LogP contribution < -0.4 is 5.32 Å². The third kappa shape index (κ3) is 7.61. The summed E-state index contributed by atoms with van der Waals surface area (Å²) in [6.07, 6.45) is 6.25. The Labute approximate surface area is 96.3 Å². The number of nitrogens with one attached hydrogen (secondary N) is 1. The van der Waals surface area contributed by atoms with E-state index >= 15 is 0 Å². The molecular weight excluding hydrogens is 182 g/mol. The summed E-state index contributed by atoms with van der Waals surface area (Å²) >= 11 is 0. The number of hydrogen-bond acceptors (Lipinski definition) is 1. The van der Waals surface area contributed by atoms with Crippen molar-refractivity contribution < 1.29 is 0 Å². The molecule has 0 aromatic heterocycles. The summed E-state index contributed by atoms with van der Waals surface area (Å²) in [4.78, 5) is 0. The summed E-state index contributed by atoms with van der Waals surface area (Å²) in [5, 5.41) is 3.67. The molecule has 0 aliphatic heterocycles. The minimum absolute atomic E-state index is 0.682. The van der Waals surface area contributed by atoms with Gasteiger partial charge in [0, 0.05) is 6.04 Å². The van der Waals surface area contributed by atoms with Crippen LogP contribution in [0.3, 0.4) is 0 Å². The molecule has 0 fully saturated rings. The van der Waals surface area contributed by atoms with Crippen LogP contribution in [-0.2, 0) is 0 Å². The maximum Gasteiger partial charge on any atom is 0.00957 e. The lowest BCUT2D eigenvalue weighted by atomic mass is 9.92. The predicted octanol–water partition coefficient (Wildman–Crippen LogP) is 4.15. The van der Waals surface area contributed by atoms with Crippen LogP contribution >= 0.6 is 0 Å². The molecule has 0 radical (unpaired) electrons. The molecule has 1 nitrogen and oxygen atoms in total. The molecule has 0 amide bonds. The van der Waals surface area contributed by atoms with E-state index in [1.165, 1.54) is 31.3 Å². The van der Waals surface area contributed by atoms with Gasteiger partial charge in [-0.15, -0.1) is 6.58 Å². The molecule has 1 heteroatoms. The highest BCUT2D eigenvalue weighted by Gasteiger charge is 2.15. The topological polar surface area (TPSA) is 12.0 Å². The van der Waals surface area contributed by atoms with E-state index in [9.17, 15) is 0 Å². The van der Waals surface area contributed by atoms with Crippen LogP contribution in [0.1, 0.15) is 59.8 Å². The molecule has 0 aromatic carbocycles. The lowest BCUT2D eigenvalue weighted by Gasteiger charge is -2.25. The van der Waals surface area contributed by atoms with Crippen molar-refractivity contribution in [2.45, 2.75) is 65.8 Å². The van der Waals surface area contributed by atoms with Crippen molar-refractivity contribution in [3.8, 4) is 0 Å². The van der Waals surface area contributed by atoms with E-state index < -0.39 is 0 Å². The fourth-order valence-corrected chi connectivity index (χ4v) is 1.98. The van der Waals surface area contributed by atoms with Crippen molar-refractivity contribution in [2.24, 2.45) is 5.92 Å². The molecule has 0 rings (SSSR count). The molecule has 0 saturated heterocycles. The Kier molecular flexibility index (Phi) is 8.79. The molecule has 15 heavy (non-hydrogen) atoms. The van der Waals surface area contributed by atoms with Gasteiger partial charge in [-0.05, 0) is 45.1 Å². The van der Waals surface area contributed by atoms with E-state index in [0.29, 0.717) is 6.04 Å². The first-order valence-corrected chi connectivity index (χ1v) is 6.49. The van der Waals surface area contributed by atoms with E-state index in [1.807, 2.05) is 0 Å². The fraction of sp³-hybridized carbons (Fsp3) is 0.857. The second-order valence-electron chi connectivity index (χ2n) is 4.82. The smallest absolute Gasteiger partial charge is 0.00957 e. The van der Waals surface area contributed by atoms with Gasteiger partial charge in [-0.2, -0.15) is 0 Å². The summed E-state index contributed by atoms with van der Waals surface area (Å²) in [7, 11) is 0. The molecule has 2 unspecified atom stereocenters. The first-order valence-electron chi connectivity index (χ1n) is 6.49. The molecular formula is C14H29N. The van der Waals surface area contributed by atoms with Crippen LogP contribution in [-0.4, -0.2) is 12.6 Å². The monoisotopic (exact) mass is 211 g/mol. The van der Waals surface area contributed by atoms with Crippen LogP contribution in [0.2, 0.25) is 0 Å². The van der Waals surface area contributed by atoms with Crippen molar-refractivity contribution in [3.63, 3.8) is 0 Å². The summed E-state index contributed by atoms with van der Waals surface area (Å²) in [6.45, 7) is 14.1. The standard InChI is InChI=1S/C14H29N/c1-6-8-13(5)14(15-11-7-2)10-9-12(3)4/h13-15H,3,6-11H2,1-2,4-5H3. The molecule has 2 atom stereocenters. The number of rotatable bonds is 9. The molecule has 90 valence electrons. The van der Waals surface area contributed by atoms with Gasteiger partial charge in [0.2, 0.25) is 0 Å². The van der Waals surface area contributed by atoms with Gasteiger partial charge in [0.25, 0.3) is 0 Å². The Morgan fingerprint density at radius 2 is 1.87 bits per heavy atom. The van der Waals surface area contributed by atoms with E-state index in [0.717, 1.165) is 18.9 Å². The fourth-order valence-electron chi connectivity index (χ4n) is 1.98. The molecule has 0 saturated carbocycles. The van der Waals surface area contributed by atoms with Crippen molar-refractivity contribution in [3.05, 3.63) is 12.2 Å². The Balaban J connectivity index is 3.98. The van der Waals surface area contributed by atoms with E-state index in [1.54, 1.807) is 0 Å². The lowest BCUT2D eigenvalue weighted by Crippen LogP contribution is -2.35. The van der Waals surface area contributed by atoms with Gasteiger partial charge in [0.1, 0.15) is 0 Å². The van der Waals surface area contributed by atoms with Gasteiger partial charge in [-0.25, -0.2) is 0 Å². The summed E-state index contributed by atoms with van der Waals surface area (Å²) in [5.41, 5.74) is 1.31. The summed E-state index contributed by atoms with van der Waals surface area (Å²) in [6, 6.07) is 0.682. The number of hydrogen-bond donors (Lipinski definition) is 1. The molecule has 0 aromatic rings. The van der Waals surface area contributed by atoms with Gasteiger partial charge in [-0.1, -0.05) is 32.8 Å². The molecule has 0 heterocycles. The zero-order valence-electron chi connectivity index (χ0n) is 11.1. The zero-order valence-corrected chi connectivity index (χ0v) is 11.1. The maximum absolute atomic E-state index is 3.98. The average Bonchev–Trinajstić information content (AvgIpc) is 2.17. The molecule has 0 aliphatic rings. The van der Waals surface area contributed by atoms with Gasteiger partial charge in [-0.3, -0.25) is 0 Å². The third-order valence-electron chi connectivity index (χ3n) is 2.97. The lowest BCUT2D eigenvalue weighted by molar-refractivity contribution is 0.337. The Hall–Kier alpha value is -0.300. The summed E-state index contributed by atoms with van der Waals surface area (Å²) in [5.74, 6) is 0.792. The van der Waals surface area contributed by atoms with Gasteiger partial charge in [0.15, 0.2) is 0 Å². The number of allylic oxidation sites excluding steroid dienone is 1. The SMILES string of the molecule is C=C(C)CCC(NCCC)C(C)CCC. The Morgan fingerprint density at radius 3 is 2.33 bits per heavy atom. The highest BCUT2D eigenvalue weighted by atomic mass is 14.9. The highest BCUT2D eigenvalue weighted by molar-refractivity contribution is 4.90. The van der Waals surface area contributed by atoms with Crippen molar-refractivity contribution in [1.29, 1.82) is 0 Å². The Bertz CT molecular complexity index is 163. The molecule has 0 spiro atoms. The predicted molar refractivity (Wildman–Crippen MR) is 70.2 cm³/mol. The molecule has 0 aliphatic carbocycles. The van der Waals surface area contributed by atoms with Crippen molar-refractivity contribution in [1.82, 2.24) is 5.32 Å². The van der Waals surface area contributed by atoms with Crippen LogP contribution in [0.15, 0.2) is 12.2 Å². The molecule has 1 N–H and O–H groups in total. The van der Waals surface area contributed by atoms with Crippen LogP contribution in [0.4, 0.5) is 0 Å². The quantitative estimate of drug-likeness (QED) is 0.565. The summed E-state index contributed by atoms with van der Waals surface area (Å²) < 4.78 is 0. The normalized spacial score (nSPS) is 14.9. The van der Waals surface area contributed by atoms with E-state index in [4.69, 9.17) is 0 Å². The van der Waals surface area contributed by atoms with Gasteiger partial charge in [0.05, 0.1) is 0 Å². The average molecular weight is 211 g/mol. The van der Waals surface area contributed by atoms with E-state index in [-0.39, 0.29) is 0 Å². The second-order valence-corrected chi connectivity index (χ2v) is 4.82. The van der Waals surface area contributed by atoms with Crippen LogP contribution in [0.5, 0.6) is 0 Å². The molecule has 0 bridgehead atoms. The van der Waals surface area contributed by atoms with Crippen molar-refractivity contribution >= 4 is 0 Å². The Morgan fingerprint density at radius 1 is 1.20 bits per heavy atom. The van der Waals surface area contributed by atoms with E-state index in [2.05, 4.69) is 39.6 Å². The third-order valence-corrected chi connectivity index (χ3v) is 2.97. The maximum atomic E-state index is 3.98. The highest BCUT2D eigenvalue weighted by Crippen LogP contribution is 2.17. The first-order chi connectivity index (χ1) is 7.11. The van der Waals surface area contributed by atoms with Crippen LogP contribution in [0, 0.1) is 5.92 Å². The largest absolute Gasteiger partial charge is 0.314 e.